The quantitative estimate of drug-likeness (QED) is 0.846. The number of alkyl halides is 3. The van der Waals surface area contributed by atoms with Crippen LogP contribution < -0.4 is 5.73 Å². The van der Waals surface area contributed by atoms with Gasteiger partial charge in [-0.15, -0.1) is 0 Å². The summed E-state index contributed by atoms with van der Waals surface area (Å²) in [5.74, 6) is 0. The number of epoxide rings is 2. The molecule has 1 aromatic carbocycles. The van der Waals surface area contributed by atoms with Crippen molar-refractivity contribution < 1.29 is 22.6 Å². The zero-order valence-corrected chi connectivity index (χ0v) is 10.8. The summed E-state index contributed by atoms with van der Waals surface area (Å²) in [6, 6.07) is 5.10. The van der Waals surface area contributed by atoms with E-state index in [1.54, 1.807) is 0 Å². The van der Waals surface area contributed by atoms with Crippen molar-refractivity contribution in [3.63, 3.8) is 0 Å². The molecule has 0 aliphatic carbocycles. The smallest absolute Gasteiger partial charge is 0.373 e. The monoisotopic (exact) mass is 287 g/mol. The molecule has 3 nitrogen and oxygen atoms in total. The van der Waals surface area contributed by atoms with E-state index in [0.717, 1.165) is 12.1 Å². The molecule has 0 amide bonds. The molecule has 1 aromatic rings. The second kappa shape index (κ2) is 4.72. The van der Waals surface area contributed by atoms with Crippen LogP contribution >= 0.6 is 0 Å². The van der Waals surface area contributed by atoms with Gasteiger partial charge in [0.05, 0.1) is 31.0 Å². The molecule has 2 unspecified atom stereocenters. The number of halogens is 3. The van der Waals surface area contributed by atoms with Crippen LogP contribution in [0.15, 0.2) is 24.3 Å². The summed E-state index contributed by atoms with van der Waals surface area (Å²) in [4.78, 5) is 0. The average molecular weight is 287 g/mol. The van der Waals surface area contributed by atoms with E-state index in [9.17, 15) is 13.2 Å². The van der Waals surface area contributed by atoms with Crippen molar-refractivity contribution in [1.82, 2.24) is 0 Å². The summed E-state index contributed by atoms with van der Waals surface area (Å²) in [5, 5.41) is 0. The number of hydrogen-bond donors (Lipinski definition) is 1. The van der Waals surface area contributed by atoms with Gasteiger partial charge in [-0.1, -0.05) is 12.1 Å². The molecule has 20 heavy (non-hydrogen) atoms. The van der Waals surface area contributed by atoms with Crippen molar-refractivity contribution in [3.05, 3.63) is 35.4 Å². The largest absolute Gasteiger partial charge is 0.416 e. The highest BCUT2D eigenvalue weighted by atomic mass is 19.4. The van der Waals surface area contributed by atoms with E-state index < -0.39 is 17.3 Å². The summed E-state index contributed by atoms with van der Waals surface area (Å²) < 4.78 is 48.2. The molecular weight excluding hydrogens is 271 g/mol. The SMILES string of the molecule is NC(CC1CO1)(CC1CO1)c1ccc(C(F)(F)F)cc1. The number of nitrogens with two attached hydrogens (primary N) is 1. The van der Waals surface area contributed by atoms with Crippen LogP contribution in [0.3, 0.4) is 0 Å². The molecule has 0 saturated carbocycles. The van der Waals surface area contributed by atoms with Crippen molar-refractivity contribution in [2.45, 2.75) is 36.8 Å². The predicted octanol–water partition coefficient (Wildman–Crippen LogP) is 2.44. The standard InChI is InChI=1S/C14H16F3NO2/c15-14(16,17)10-3-1-9(2-4-10)13(18,5-11-7-19-11)6-12-8-20-12/h1-4,11-12H,5-8,18H2. The fourth-order valence-electron chi connectivity index (χ4n) is 2.49. The Bertz CT molecular complexity index is 464. The number of rotatable bonds is 5. The second-order valence-electron chi connectivity index (χ2n) is 5.55. The van der Waals surface area contributed by atoms with Gasteiger partial charge < -0.3 is 15.2 Å². The van der Waals surface area contributed by atoms with Gasteiger partial charge in [-0.2, -0.15) is 13.2 Å². The Labute approximate surface area is 114 Å². The maximum atomic E-state index is 12.6. The Kier molecular flexibility index (Phi) is 3.27. The summed E-state index contributed by atoms with van der Waals surface area (Å²) >= 11 is 0. The Morgan fingerprint density at radius 1 is 0.950 bits per heavy atom. The zero-order valence-electron chi connectivity index (χ0n) is 10.8. The van der Waals surface area contributed by atoms with Crippen LogP contribution in [0.25, 0.3) is 0 Å². The van der Waals surface area contributed by atoms with Crippen LogP contribution in [0.4, 0.5) is 13.2 Å². The van der Waals surface area contributed by atoms with Gasteiger partial charge in [-0.05, 0) is 30.5 Å². The lowest BCUT2D eigenvalue weighted by molar-refractivity contribution is -0.137. The Balaban J connectivity index is 1.81. The lowest BCUT2D eigenvalue weighted by Crippen LogP contribution is -2.39. The van der Waals surface area contributed by atoms with Gasteiger partial charge in [0.25, 0.3) is 0 Å². The van der Waals surface area contributed by atoms with Crippen molar-refractivity contribution in [2.24, 2.45) is 5.73 Å². The highest BCUT2D eigenvalue weighted by Crippen LogP contribution is 2.37. The molecule has 3 rings (SSSR count). The van der Waals surface area contributed by atoms with E-state index in [4.69, 9.17) is 15.2 Å². The fraction of sp³-hybridized carbons (Fsp3) is 0.571. The molecule has 110 valence electrons. The Morgan fingerprint density at radius 3 is 1.70 bits per heavy atom. The van der Waals surface area contributed by atoms with E-state index in [1.165, 1.54) is 12.1 Å². The molecule has 0 bridgehead atoms. The Hall–Kier alpha value is -1.11. The highest BCUT2D eigenvalue weighted by molar-refractivity contribution is 5.30. The summed E-state index contributed by atoms with van der Waals surface area (Å²) in [7, 11) is 0. The number of ether oxygens (including phenoxy) is 2. The molecule has 2 aliphatic rings. The first-order chi connectivity index (χ1) is 9.37. The fourth-order valence-corrected chi connectivity index (χ4v) is 2.49. The molecule has 2 saturated heterocycles. The molecule has 2 heterocycles. The molecule has 2 aliphatic heterocycles. The molecule has 2 N–H and O–H groups in total. The summed E-state index contributed by atoms with van der Waals surface area (Å²) in [6.07, 6.45) is -2.88. The molecule has 0 aromatic heterocycles. The first-order valence-corrected chi connectivity index (χ1v) is 6.57. The molecule has 2 fully saturated rings. The van der Waals surface area contributed by atoms with Gasteiger partial charge in [-0.3, -0.25) is 0 Å². The third kappa shape index (κ3) is 3.13. The van der Waals surface area contributed by atoms with Gasteiger partial charge in [-0.25, -0.2) is 0 Å². The molecule has 6 heteroatoms. The first kappa shape index (κ1) is 13.9. The van der Waals surface area contributed by atoms with Crippen molar-refractivity contribution in [2.75, 3.05) is 13.2 Å². The van der Waals surface area contributed by atoms with Crippen molar-refractivity contribution in [3.8, 4) is 0 Å². The predicted molar refractivity (Wildman–Crippen MR) is 66.0 cm³/mol. The van der Waals surface area contributed by atoms with E-state index >= 15 is 0 Å². The summed E-state index contributed by atoms with van der Waals surface area (Å²) in [6.45, 7) is 1.34. The van der Waals surface area contributed by atoms with Crippen LogP contribution in [0.1, 0.15) is 24.0 Å². The second-order valence-corrected chi connectivity index (χ2v) is 5.55. The topological polar surface area (TPSA) is 51.1 Å². The van der Waals surface area contributed by atoms with E-state index in [1.807, 2.05) is 0 Å². The number of benzene rings is 1. The maximum Gasteiger partial charge on any atom is 0.416 e. The minimum Gasteiger partial charge on any atom is -0.373 e. The average Bonchev–Trinajstić information content (AvgIpc) is 3.26. The molecule has 0 radical (unpaired) electrons. The van der Waals surface area contributed by atoms with Crippen LogP contribution in [-0.2, 0) is 21.2 Å². The lowest BCUT2D eigenvalue weighted by atomic mass is 9.82. The van der Waals surface area contributed by atoms with E-state index in [-0.39, 0.29) is 12.2 Å². The molecule has 0 spiro atoms. The van der Waals surface area contributed by atoms with Gasteiger partial charge in [0.1, 0.15) is 0 Å². The lowest BCUT2D eigenvalue weighted by Gasteiger charge is -2.29. The van der Waals surface area contributed by atoms with Gasteiger partial charge >= 0.3 is 6.18 Å². The van der Waals surface area contributed by atoms with Crippen LogP contribution in [-0.4, -0.2) is 25.4 Å². The van der Waals surface area contributed by atoms with Gasteiger partial charge in [0, 0.05) is 5.54 Å². The summed E-state index contributed by atoms with van der Waals surface area (Å²) in [5.41, 5.74) is 5.78. The third-order valence-electron chi connectivity index (χ3n) is 3.78. The van der Waals surface area contributed by atoms with Crippen LogP contribution in [0.2, 0.25) is 0 Å². The normalized spacial score (nSPS) is 28.0. The third-order valence-corrected chi connectivity index (χ3v) is 3.78. The van der Waals surface area contributed by atoms with Crippen molar-refractivity contribution in [1.29, 1.82) is 0 Å². The minimum absolute atomic E-state index is 0.112. The maximum absolute atomic E-state index is 12.6. The zero-order chi connectivity index (χ0) is 14.4. The first-order valence-electron chi connectivity index (χ1n) is 6.57. The van der Waals surface area contributed by atoms with E-state index in [2.05, 4.69) is 0 Å². The van der Waals surface area contributed by atoms with Crippen LogP contribution in [0, 0.1) is 0 Å². The molecular formula is C14H16F3NO2. The minimum atomic E-state index is -4.32. The molecule has 2 atom stereocenters. The van der Waals surface area contributed by atoms with Gasteiger partial charge in [0.15, 0.2) is 0 Å². The number of hydrogen-bond acceptors (Lipinski definition) is 3. The highest BCUT2D eigenvalue weighted by Gasteiger charge is 2.41. The van der Waals surface area contributed by atoms with Crippen LogP contribution in [0.5, 0.6) is 0 Å². The van der Waals surface area contributed by atoms with Crippen molar-refractivity contribution >= 4 is 0 Å². The Morgan fingerprint density at radius 2 is 1.35 bits per heavy atom. The van der Waals surface area contributed by atoms with Gasteiger partial charge in [0.2, 0.25) is 0 Å². The van der Waals surface area contributed by atoms with E-state index in [0.29, 0.717) is 31.6 Å².